The van der Waals surface area contributed by atoms with E-state index >= 15 is 0 Å². The van der Waals surface area contributed by atoms with Crippen molar-refractivity contribution in [2.24, 2.45) is 5.14 Å². The summed E-state index contributed by atoms with van der Waals surface area (Å²) in [6.07, 6.45) is 0. The Labute approximate surface area is 174 Å². The van der Waals surface area contributed by atoms with Crippen LogP contribution in [0.15, 0.2) is 36.4 Å². The molecule has 3 aromatic rings. The Balaban J connectivity index is 2.30. The van der Waals surface area contributed by atoms with Gasteiger partial charge in [0.25, 0.3) is 0 Å². The van der Waals surface area contributed by atoms with Gasteiger partial charge >= 0.3 is 0 Å². The number of hydrogen-bond donors (Lipinski definition) is 4. The number of primary sulfonamides is 1. The molecule has 0 aliphatic carbocycles. The van der Waals surface area contributed by atoms with E-state index in [-0.39, 0.29) is 36.4 Å². The molecule has 1 atom stereocenters. The number of nitrogens with zero attached hydrogens (tertiary/aromatic N) is 1. The number of nitrogens with one attached hydrogen (secondary N) is 1. The number of pyridine rings is 1. The number of sulfonamides is 1. The molecule has 0 spiro atoms. The Bertz CT molecular complexity index is 1200. The number of hydrogen-bond acceptors (Lipinski definition) is 6. The largest absolute Gasteiger partial charge is 0.508 e. The van der Waals surface area contributed by atoms with Gasteiger partial charge in [-0.05, 0) is 47.9 Å². The third-order valence-corrected chi connectivity index (χ3v) is 5.67. The van der Waals surface area contributed by atoms with E-state index in [0.29, 0.717) is 27.8 Å². The molecule has 2 aromatic carbocycles. The van der Waals surface area contributed by atoms with Gasteiger partial charge in [0.15, 0.2) is 0 Å². The number of phenolic OH excluding ortho intramolecular Hbond substituents is 1. The average Bonchev–Trinajstić information content (AvgIpc) is 2.67. The normalized spacial score (nSPS) is 12.8. The van der Waals surface area contributed by atoms with Crippen molar-refractivity contribution in [3.05, 3.63) is 53.3 Å². The van der Waals surface area contributed by atoms with Gasteiger partial charge < -0.3 is 15.5 Å². The standard InChI is InChI=1S/C21H24FN3O4S/c1-12-9-14(3-6-17(12)22)20-16-5-4-15(27)10-18(16)25-21(19(20)13(2)11-26)24-7-8-30(23,28)29/h3-6,9-10,13,26-27H,7-8,11H2,1-2H3,(H,24,25)(H2,23,28,29). The Morgan fingerprint density at radius 1 is 1.23 bits per heavy atom. The van der Waals surface area contributed by atoms with Crippen LogP contribution in [0, 0.1) is 12.7 Å². The van der Waals surface area contributed by atoms with Crippen LogP contribution in [0.5, 0.6) is 5.75 Å². The molecule has 9 heteroatoms. The maximum absolute atomic E-state index is 13.9. The molecule has 1 heterocycles. The van der Waals surface area contributed by atoms with Gasteiger partial charge in [-0.3, -0.25) is 0 Å². The summed E-state index contributed by atoms with van der Waals surface area (Å²) < 4.78 is 36.5. The van der Waals surface area contributed by atoms with Crippen molar-refractivity contribution in [3.63, 3.8) is 0 Å². The Hall–Kier alpha value is -2.75. The van der Waals surface area contributed by atoms with Crippen LogP contribution in [-0.2, 0) is 10.0 Å². The third-order valence-electron chi connectivity index (χ3n) is 4.90. The zero-order valence-corrected chi connectivity index (χ0v) is 17.5. The van der Waals surface area contributed by atoms with Crippen LogP contribution >= 0.6 is 0 Å². The smallest absolute Gasteiger partial charge is 0.210 e. The molecule has 7 nitrogen and oxygen atoms in total. The van der Waals surface area contributed by atoms with Crippen molar-refractivity contribution in [2.75, 3.05) is 24.2 Å². The van der Waals surface area contributed by atoms with Crippen molar-refractivity contribution in [1.29, 1.82) is 0 Å². The van der Waals surface area contributed by atoms with E-state index in [1.54, 1.807) is 25.1 Å². The molecule has 0 radical (unpaired) electrons. The van der Waals surface area contributed by atoms with Crippen molar-refractivity contribution in [2.45, 2.75) is 19.8 Å². The molecule has 160 valence electrons. The van der Waals surface area contributed by atoms with Crippen molar-refractivity contribution in [3.8, 4) is 16.9 Å². The molecule has 0 aliphatic rings. The molecule has 1 unspecified atom stereocenters. The topological polar surface area (TPSA) is 126 Å². The van der Waals surface area contributed by atoms with Gasteiger partial charge in [0.05, 0.1) is 11.3 Å². The lowest BCUT2D eigenvalue weighted by atomic mass is 9.88. The molecule has 0 aliphatic heterocycles. The first kappa shape index (κ1) is 21.9. The number of aliphatic hydroxyl groups excluding tert-OH is 1. The van der Waals surface area contributed by atoms with E-state index in [9.17, 15) is 23.0 Å². The minimum atomic E-state index is -3.68. The number of nitrogens with two attached hydrogens (primary N) is 1. The van der Waals surface area contributed by atoms with E-state index in [0.717, 1.165) is 11.1 Å². The molecule has 3 rings (SSSR count). The van der Waals surface area contributed by atoms with Crippen LogP contribution in [0.3, 0.4) is 0 Å². The van der Waals surface area contributed by atoms with Gasteiger partial charge in [-0.25, -0.2) is 22.9 Å². The highest BCUT2D eigenvalue weighted by atomic mass is 32.2. The molecule has 0 bridgehead atoms. The molecule has 5 N–H and O–H groups in total. The quantitative estimate of drug-likeness (QED) is 0.454. The first-order valence-electron chi connectivity index (χ1n) is 9.39. The van der Waals surface area contributed by atoms with E-state index in [4.69, 9.17) is 5.14 Å². The number of rotatable bonds is 7. The number of aromatic nitrogens is 1. The second kappa shape index (κ2) is 8.55. The second-order valence-electron chi connectivity index (χ2n) is 7.29. The summed E-state index contributed by atoms with van der Waals surface area (Å²) >= 11 is 0. The molecular formula is C21H24FN3O4S. The summed E-state index contributed by atoms with van der Waals surface area (Å²) in [6, 6.07) is 9.47. The molecular weight excluding hydrogens is 409 g/mol. The average molecular weight is 434 g/mol. The van der Waals surface area contributed by atoms with Crippen molar-refractivity contribution in [1.82, 2.24) is 4.98 Å². The molecule has 0 amide bonds. The fraction of sp³-hybridized carbons (Fsp3) is 0.286. The predicted molar refractivity (Wildman–Crippen MR) is 116 cm³/mol. The minimum absolute atomic E-state index is 0.0171. The van der Waals surface area contributed by atoms with E-state index in [2.05, 4.69) is 10.3 Å². The lowest BCUT2D eigenvalue weighted by Gasteiger charge is -2.22. The van der Waals surface area contributed by atoms with E-state index in [1.165, 1.54) is 18.2 Å². The molecule has 0 fully saturated rings. The van der Waals surface area contributed by atoms with Crippen molar-refractivity contribution < 1.29 is 23.0 Å². The number of aryl methyl sites for hydroxylation is 1. The first-order valence-corrected chi connectivity index (χ1v) is 11.1. The number of halogens is 1. The summed E-state index contributed by atoms with van der Waals surface area (Å²) in [7, 11) is -3.68. The monoisotopic (exact) mass is 433 g/mol. The van der Waals surface area contributed by atoms with Crippen LogP contribution in [0.2, 0.25) is 0 Å². The minimum Gasteiger partial charge on any atom is -0.508 e. The van der Waals surface area contributed by atoms with E-state index < -0.39 is 10.0 Å². The molecule has 0 saturated carbocycles. The van der Waals surface area contributed by atoms with Crippen molar-refractivity contribution >= 4 is 26.7 Å². The predicted octanol–water partition coefficient (Wildman–Crippen LogP) is 2.85. The SMILES string of the molecule is Cc1cc(-c2c(C(C)CO)c(NCCS(N)(=O)=O)nc3cc(O)ccc23)ccc1F. The highest BCUT2D eigenvalue weighted by molar-refractivity contribution is 7.89. The summed E-state index contributed by atoms with van der Waals surface area (Å²) in [5.74, 6) is -0.596. The fourth-order valence-electron chi connectivity index (χ4n) is 3.40. The summed E-state index contributed by atoms with van der Waals surface area (Å²) in [5.41, 5.74) is 3.04. The maximum atomic E-state index is 13.9. The van der Waals surface area contributed by atoms with Crippen LogP contribution < -0.4 is 10.5 Å². The maximum Gasteiger partial charge on any atom is 0.210 e. The van der Waals surface area contributed by atoms with Crippen LogP contribution in [0.1, 0.15) is 24.0 Å². The Morgan fingerprint density at radius 2 is 1.97 bits per heavy atom. The summed E-state index contributed by atoms with van der Waals surface area (Å²) in [4.78, 5) is 4.56. The zero-order chi connectivity index (χ0) is 22.1. The van der Waals surface area contributed by atoms with Gasteiger partial charge in [-0.15, -0.1) is 0 Å². The van der Waals surface area contributed by atoms with Crippen LogP contribution in [-0.4, -0.2) is 42.5 Å². The fourth-order valence-corrected chi connectivity index (χ4v) is 3.78. The number of phenols is 1. The molecule has 0 saturated heterocycles. The number of anilines is 1. The lowest BCUT2D eigenvalue weighted by Crippen LogP contribution is -2.23. The summed E-state index contributed by atoms with van der Waals surface area (Å²) in [5, 5.41) is 28.6. The van der Waals surface area contributed by atoms with E-state index in [1.807, 2.05) is 6.92 Å². The number of aromatic hydroxyl groups is 1. The van der Waals surface area contributed by atoms with Crippen LogP contribution in [0.25, 0.3) is 22.0 Å². The zero-order valence-electron chi connectivity index (χ0n) is 16.7. The molecule has 1 aromatic heterocycles. The van der Waals surface area contributed by atoms with Gasteiger partial charge in [-0.2, -0.15) is 0 Å². The Kier molecular flexibility index (Phi) is 6.25. The first-order chi connectivity index (χ1) is 14.1. The van der Waals surface area contributed by atoms with Gasteiger partial charge in [0.2, 0.25) is 10.0 Å². The highest BCUT2D eigenvalue weighted by Crippen LogP contribution is 2.40. The third kappa shape index (κ3) is 4.69. The Morgan fingerprint density at radius 3 is 2.60 bits per heavy atom. The van der Waals surface area contributed by atoms with Gasteiger partial charge in [-0.1, -0.05) is 13.0 Å². The van der Waals surface area contributed by atoms with Crippen LogP contribution in [0.4, 0.5) is 10.2 Å². The highest BCUT2D eigenvalue weighted by Gasteiger charge is 2.22. The number of aliphatic hydroxyl groups is 1. The van der Waals surface area contributed by atoms with Gasteiger partial charge in [0, 0.05) is 36.1 Å². The number of fused-ring (bicyclic) bond motifs is 1. The second-order valence-corrected chi connectivity index (χ2v) is 9.03. The lowest BCUT2D eigenvalue weighted by molar-refractivity contribution is 0.273. The van der Waals surface area contributed by atoms with Gasteiger partial charge in [0.1, 0.15) is 17.4 Å². The molecule has 30 heavy (non-hydrogen) atoms. The number of benzene rings is 2. The summed E-state index contributed by atoms with van der Waals surface area (Å²) in [6.45, 7) is 3.31.